The van der Waals surface area contributed by atoms with Gasteiger partial charge >= 0.3 is 5.97 Å². The van der Waals surface area contributed by atoms with Crippen LogP contribution in [0.1, 0.15) is 51.2 Å². The van der Waals surface area contributed by atoms with Crippen LogP contribution in [0.3, 0.4) is 0 Å². The van der Waals surface area contributed by atoms with Gasteiger partial charge in [0.1, 0.15) is 17.6 Å². The molecule has 1 fully saturated rings. The van der Waals surface area contributed by atoms with Crippen LogP contribution in [0, 0.1) is 12.8 Å². The Bertz CT molecular complexity index is 526. The quantitative estimate of drug-likeness (QED) is 0.903. The SMILES string of the molecule is Cc1ccc(C2C(C(=O)O)CCC(=O)N2C(C)(C)C)o1. The van der Waals surface area contributed by atoms with Gasteiger partial charge < -0.3 is 14.4 Å². The third-order valence-corrected chi connectivity index (χ3v) is 3.69. The molecule has 0 spiro atoms. The molecule has 0 aliphatic carbocycles. The summed E-state index contributed by atoms with van der Waals surface area (Å²) < 4.78 is 5.62. The molecule has 2 rings (SSSR count). The summed E-state index contributed by atoms with van der Waals surface area (Å²) in [5.74, 6) is -0.258. The summed E-state index contributed by atoms with van der Waals surface area (Å²) in [7, 11) is 0. The van der Waals surface area contributed by atoms with Gasteiger partial charge in [-0.3, -0.25) is 9.59 Å². The largest absolute Gasteiger partial charge is 0.481 e. The van der Waals surface area contributed by atoms with Crippen LogP contribution in [-0.2, 0) is 9.59 Å². The number of hydrogen-bond acceptors (Lipinski definition) is 3. The zero-order chi connectivity index (χ0) is 15.1. The van der Waals surface area contributed by atoms with Crippen molar-refractivity contribution in [3.63, 3.8) is 0 Å². The molecule has 1 amide bonds. The maximum absolute atomic E-state index is 12.3. The van der Waals surface area contributed by atoms with E-state index >= 15 is 0 Å². The molecule has 2 atom stereocenters. The van der Waals surface area contributed by atoms with Gasteiger partial charge in [-0.1, -0.05) is 0 Å². The van der Waals surface area contributed by atoms with Crippen LogP contribution < -0.4 is 0 Å². The van der Waals surface area contributed by atoms with Crippen LogP contribution in [0.4, 0.5) is 0 Å². The minimum atomic E-state index is -0.884. The van der Waals surface area contributed by atoms with Gasteiger partial charge in [0.15, 0.2) is 0 Å². The lowest BCUT2D eigenvalue weighted by atomic mass is 9.84. The maximum atomic E-state index is 12.3. The molecule has 0 aromatic carbocycles. The highest BCUT2D eigenvalue weighted by Gasteiger charge is 2.46. The van der Waals surface area contributed by atoms with Crippen molar-refractivity contribution in [2.75, 3.05) is 0 Å². The minimum absolute atomic E-state index is 0.0194. The molecule has 1 aliphatic heterocycles. The van der Waals surface area contributed by atoms with Crippen LogP contribution >= 0.6 is 0 Å². The van der Waals surface area contributed by atoms with Gasteiger partial charge in [-0.15, -0.1) is 0 Å². The summed E-state index contributed by atoms with van der Waals surface area (Å²) >= 11 is 0. The highest BCUT2D eigenvalue weighted by Crippen LogP contribution is 2.41. The van der Waals surface area contributed by atoms with E-state index in [2.05, 4.69) is 0 Å². The number of carbonyl (C=O) groups excluding carboxylic acids is 1. The van der Waals surface area contributed by atoms with E-state index in [9.17, 15) is 14.7 Å². The van der Waals surface area contributed by atoms with Crippen molar-refractivity contribution < 1.29 is 19.1 Å². The lowest BCUT2D eigenvalue weighted by molar-refractivity contribution is -0.157. The van der Waals surface area contributed by atoms with Gasteiger partial charge in [0, 0.05) is 12.0 Å². The van der Waals surface area contributed by atoms with Crippen molar-refractivity contribution in [1.29, 1.82) is 0 Å². The topological polar surface area (TPSA) is 70.8 Å². The van der Waals surface area contributed by atoms with Gasteiger partial charge in [-0.2, -0.15) is 0 Å². The number of piperidine rings is 1. The van der Waals surface area contributed by atoms with E-state index in [1.54, 1.807) is 17.0 Å². The van der Waals surface area contributed by atoms with E-state index in [1.807, 2.05) is 27.7 Å². The van der Waals surface area contributed by atoms with Crippen LogP contribution in [0.2, 0.25) is 0 Å². The van der Waals surface area contributed by atoms with E-state index < -0.39 is 23.5 Å². The average molecular weight is 279 g/mol. The summed E-state index contributed by atoms with van der Waals surface area (Å²) in [6.07, 6.45) is 0.621. The normalized spacial score (nSPS) is 24.0. The van der Waals surface area contributed by atoms with Crippen LogP contribution in [-0.4, -0.2) is 27.4 Å². The summed E-state index contributed by atoms with van der Waals surface area (Å²) in [5.41, 5.74) is -0.448. The fourth-order valence-corrected chi connectivity index (χ4v) is 2.88. The number of carboxylic acid groups (broad SMARTS) is 1. The van der Waals surface area contributed by atoms with E-state index in [1.165, 1.54) is 0 Å². The maximum Gasteiger partial charge on any atom is 0.309 e. The number of nitrogens with zero attached hydrogens (tertiary/aromatic N) is 1. The Labute approximate surface area is 118 Å². The van der Waals surface area contributed by atoms with E-state index in [-0.39, 0.29) is 12.3 Å². The minimum Gasteiger partial charge on any atom is -0.481 e. The molecule has 2 unspecified atom stereocenters. The van der Waals surface area contributed by atoms with Crippen molar-refractivity contribution in [2.45, 2.75) is 52.1 Å². The first-order valence-electron chi connectivity index (χ1n) is 6.83. The molecule has 0 bridgehead atoms. The second kappa shape index (κ2) is 4.96. The molecule has 1 aromatic heterocycles. The molecule has 110 valence electrons. The Morgan fingerprint density at radius 2 is 2.05 bits per heavy atom. The number of furan rings is 1. The van der Waals surface area contributed by atoms with Crippen LogP contribution in [0.25, 0.3) is 0 Å². The Balaban J connectivity index is 2.50. The summed E-state index contributed by atoms with van der Waals surface area (Å²) in [4.78, 5) is 25.5. The third kappa shape index (κ3) is 2.57. The second-order valence-electron chi connectivity index (χ2n) is 6.31. The van der Waals surface area contributed by atoms with Crippen LogP contribution in [0.5, 0.6) is 0 Å². The van der Waals surface area contributed by atoms with Crippen LogP contribution in [0.15, 0.2) is 16.5 Å². The molecular formula is C15H21NO4. The fraction of sp³-hybridized carbons (Fsp3) is 0.600. The number of aliphatic carboxylic acids is 1. The summed E-state index contributed by atoms with van der Waals surface area (Å²) in [6.45, 7) is 7.55. The van der Waals surface area contributed by atoms with Crippen molar-refractivity contribution in [3.05, 3.63) is 23.7 Å². The van der Waals surface area contributed by atoms with Crippen molar-refractivity contribution >= 4 is 11.9 Å². The zero-order valence-corrected chi connectivity index (χ0v) is 12.3. The van der Waals surface area contributed by atoms with Crippen molar-refractivity contribution in [2.24, 2.45) is 5.92 Å². The lowest BCUT2D eigenvalue weighted by Crippen LogP contribution is -2.53. The Morgan fingerprint density at radius 1 is 1.40 bits per heavy atom. The molecule has 1 aliphatic rings. The molecule has 1 aromatic rings. The number of likely N-dealkylation sites (tertiary alicyclic amines) is 1. The summed E-state index contributed by atoms with van der Waals surface area (Å²) in [5, 5.41) is 9.47. The van der Waals surface area contributed by atoms with E-state index in [0.29, 0.717) is 12.2 Å². The monoisotopic (exact) mass is 279 g/mol. The predicted octanol–water partition coefficient (Wildman–Crippen LogP) is 2.75. The molecule has 1 saturated heterocycles. The molecule has 20 heavy (non-hydrogen) atoms. The van der Waals surface area contributed by atoms with Gasteiger partial charge in [-0.25, -0.2) is 0 Å². The molecule has 1 N–H and O–H groups in total. The average Bonchev–Trinajstić information content (AvgIpc) is 2.73. The molecule has 2 heterocycles. The smallest absolute Gasteiger partial charge is 0.309 e. The zero-order valence-electron chi connectivity index (χ0n) is 12.3. The second-order valence-corrected chi connectivity index (χ2v) is 6.31. The van der Waals surface area contributed by atoms with Crippen molar-refractivity contribution in [3.8, 4) is 0 Å². The van der Waals surface area contributed by atoms with Gasteiger partial charge in [-0.05, 0) is 46.2 Å². The number of rotatable bonds is 2. The molecule has 0 saturated carbocycles. The summed E-state index contributed by atoms with van der Waals surface area (Å²) in [6, 6.07) is 3.03. The standard InChI is InChI=1S/C15H21NO4/c1-9-5-7-11(20-9)13-10(14(18)19)6-8-12(17)16(13)15(2,3)4/h5,7,10,13H,6,8H2,1-4H3,(H,18,19). The molecule has 5 heteroatoms. The van der Waals surface area contributed by atoms with Gasteiger partial charge in [0.05, 0.1) is 5.92 Å². The number of aryl methyl sites for hydroxylation is 1. The Kier molecular flexibility index (Phi) is 3.63. The Morgan fingerprint density at radius 3 is 2.50 bits per heavy atom. The van der Waals surface area contributed by atoms with E-state index in [0.717, 1.165) is 5.76 Å². The highest BCUT2D eigenvalue weighted by atomic mass is 16.4. The fourth-order valence-electron chi connectivity index (χ4n) is 2.88. The van der Waals surface area contributed by atoms with Gasteiger partial charge in [0.25, 0.3) is 0 Å². The first-order chi connectivity index (χ1) is 9.21. The number of amides is 1. The first-order valence-corrected chi connectivity index (χ1v) is 6.83. The molecular weight excluding hydrogens is 258 g/mol. The number of carboxylic acids is 1. The lowest BCUT2D eigenvalue weighted by Gasteiger charge is -2.46. The Hall–Kier alpha value is -1.78. The van der Waals surface area contributed by atoms with Crippen molar-refractivity contribution in [1.82, 2.24) is 4.90 Å². The number of hydrogen-bond donors (Lipinski definition) is 1. The van der Waals surface area contributed by atoms with Gasteiger partial charge in [0.2, 0.25) is 5.91 Å². The van der Waals surface area contributed by atoms with E-state index in [4.69, 9.17) is 4.42 Å². The first kappa shape index (κ1) is 14.6. The third-order valence-electron chi connectivity index (χ3n) is 3.69. The molecule has 5 nitrogen and oxygen atoms in total. The number of carbonyl (C=O) groups is 2. The molecule has 0 radical (unpaired) electrons. The highest BCUT2D eigenvalue weighted by molar-refractivity contribution is 5.82. The predicted molar refractivity (Wildman–Crippen MR) is 73.1 cm³/mol.